The zero-order valence-corrected chi connectivity index (χ0v) is 8.27. The van der Waals surface area contributed by atoms with Crippen molar-refractivity contribution in [2.45, 2.75) is 12.5 Å². The van der Waals surface area contributed by atoms with E-state index in [1.54, 1.807) is 18.2 Å². The smallest absolute Gasteiger partial charge is 0.417 e. The molecule has 16 heavy (non-hydrogen) atoms. The molecule has 1 aromatic carbocycles. The first kappa shape index (κ1) is 10.4. The quantitative estimate of drug-likeness (QED) is 0.681. The number of nitrogens with one attached hydrogen (secondary N) is 1. The molecule has 0 saturated heterocycles. The molecule has 0 aliphatic carbocycles. The molecular weight excluding hydrogens is 212 g/mol. The van der Waals surface area contributed by atoms with Crippen molar-refractivity contribution in [2.24, 2.45) is 5.73 Å². The molecule has 2 aromatic rings. The van der Waals surface area contributed by atoms with Gasteiger partial charge in [-0.1, -0.05) is 6.07 Å². The Labute approximate surface area is 89.7 Å². The van der Waals surface area contributed by atoms with E-state index in [0.717, 1.165) is 5.56 Å². The summed E-state index contributed by atoms with van der Waals surface area (Å²) >= 11 is 0. The topological polar surface area (TPSA) is 109 Å². The zero-order valence-electron chi connectivity index (χ0n) is 8.27. The van der Waals surface area contributed by atoms with Gasteiger partial charge in [0.15, 0.2) is 5.58 Å². The number of rotatable bonds is 3. The molecule has 1 heterocycles. The van der Waals surface area contributed by atoms with Crippen LogP contribution in [-0.4, -0.2) is 22.1 Å². The van der Waals surface area contributed by atoms with Crippen molar-refractivity contribution in [3.8, 4) is 0 Å². The standard InChI is InChI=1S/C10H10N2O4/c11-6(9(13)14)3-5-1-2-8-7(4-5)12-10(15)16-8/h1-2,4,6H,3,11H2,(H,12,15)(H,13,14). The number of aliphatic carboxylic acids is 1. The van der Waals surface area contributed by atoms with Crippen molar-refractivity contribution in [3.05, 3.63) is 34.3 Å². The summed E-state index contributed by atoms with van der Waals surface area (Å²) < 4.78 is 4.82. The van der Waals surface area contributed by atoms with Crippen LogP contribution in [0.2, 0.25) is 0 Å². The molecule has 6 nitrogen and oxygen atoms in total. The van der Waals surface area contributed by atoms with Gasteiger partial charge in [-0.25, -0.2) is 4.79 Å². The molecule has 0 radical (unpaired) electrons. The fourth-order valence-corrected chi connectivity index (χ4v) is 1.47. The van der Waals surface area contributed by atoms with Crippen LogP contribution in [-0.2, 0) is 11.2 Å². The van der Waals surface area contributed by atoms with E-state index in [-0.39, 0.29) is 6.42 Å². The minimum Gasteiger partial charge on any atom is -0.480 e. The second-order valence-electron chi connectivity index (χ2n) is 3.49. The van der Waals surface area contributed by atoms with Crippen LogP contribution in [0.15, 0.2) is 27.4 Å². The average molecular weight is 222 g/mol. The fraction of sp³-hybridized carbons (Fsp3) is 0.200. The van der Waals surface area contributed by atoms with E-state index in [0.29, 0.717) is 11.1 Å². The van der Waals surface area contributed by atoms with Crippen molar-refractivity contribution in [1.82, 2.24) is 4.98 Å². The van der Waals surface area contributed by atoms with Crippen LogP contribution < -0.4 is 11.5 Å². The highest BCUT2D eigenvalue weighted by Crippen LogP contribution is 2.13. The molecule has 0 spiro atoms. The van der Waals surface area contributed by atoms with Crippen LogP contribution in [0.25, 0.3) is 11.1 Å². The Hall–Kier alpha value is -2.08. The lowest BCUT2D eigenvalue weighted by Gasteiger charge is -2.05. The van der Waals surface area contributed by atoms with Crippen molar-refractivity contribution in [3.63, 3.8) is 0 Å². The van der Waals surface area contributed by atoms with Crippen molar-refractivity contribution in [2.75, 3.05) is 0 Å². The van der Waals surface area contributed by atoms with E-state index in [9.17, 15) is 9.59 Å². The number of hydrogen-bond acceptors (Lipinski definition) is 4. The molecule has 0 saturated carbocycles. The van der Waals surface area contributed by atoms with E-state index in [4.69, 9.17) is 15.3 Å². The van der Waals surface area contributed by atoms with Crippen LogP contribution >= 0.6 is 0 Å². The predicted molar refractivity (Wildman–Crippen MR) is 56.1 cm³/mol. The zero-order chi connectivity index (χ0) is 11.7. The van der Waals surface area contributed by atoms with E-state index in [2.05, 4.69) is 4.98 Å². The van der Waals surface area contributed by atoms with Gasteiger partial charge in [-0.05, 0) is 24.1 Å². The van der Waals surface area contributed by atoms with Gasteiger partial charge >= 0.3 is 11.7 Å². The molecule has 0 fully saturated rings. The molecule has 1 unspecified atom stereocenters. The van der Waals surface area contributed by atoms with Gasteiger partial charge in [0, 0.05) is 0 Å². The lowest BCUT2D eigenvalue weighted by molar-refractivity contribution is -0.138. The third-order valence-electron chi connectivity index (χ3n) is 2.26. The molecule has 84 valence electrons. The number of oxazole rings is 1. The number of carboxylic acids is 1. The number of nitrogens with two attached hydrogens (primary N) is 1. The third kappa shape index (κ3) is 1.96. The number of benzene rings is 1. The van der Waals surface area contributed by atoms with Gasteiger partial charge in [0.1, 0.15) is 6.04 Å². The second-order valence-corrected chi connectivity index (χ2v) is 3.49. The van der Waals surface area contributed by atoms with Crippen LogP contribution in [0.4, 0.5) is 0 Å². The largest absolute Gasteiger partial charge is 0.480 e. The molecule has 6 heteroatoms. The van der Waals surface area contributed by atoms with E-state index < -0.39 is 17.8 Å². The number of carbonyl (C=O) groups is 1. The molecule has 1 aromatic heterocycles. The van der Waals surface area contributed by atoms with Crippen LogP contribution in [0.5, 0.6) is 0 Å². The number of fused-ring (bicyclic) bond motifs is 1. The average Bonchev–Trinajstić information content (AvgIpc) is 2.57. The van der Waals surface area contributed by atoms with Crippen molar-refractivity contribution in [1.29, 1.82) is 0 Å². The van der Waals surface area contributed by atoms with Crippen molar-refractivity contribution >= 4 is 17.1 Å². The van der Waals surface area contributed by atoms with Crippen LogP contribution in [0.1, 0.15) is 5.56 Å². The number of aromatic nitrogens is 1. The van der Waals surface area contributed by atoms with Crippen LogP contribution in [0.3, 0.4) is 0 Å². The molecular formula is C10H10N2O4. The molecule has 0 aliphatic rings. The third-order valence-corrected chi connectivity index (χ3v) is 2.26. The molecule has 0 amide bonds. The maximum Gasteiger partial charge on any atom is 0.417 e. The molecule has 1 atom stereocenters. The van der Waals surface area contributed by atoms with Crippen molar-refractivity contribution < 1.29 is 14.3 Å². The minimum atomic E-state index is -1.05. The van der Waals surface area contributed by atoms with Crippen LogP contribution in [0, 0.1) is 0 Å². The van der Waals surface area contributed by atoms with Gasteiger partial charge in [-0.2, -0.15) is 0 Å². The van der Waals surface area contributed by atoms with E-state index in [1.165, 1.54) is 0 Å². The number of H-pyrrole nitrogens is 1. The molecule has 0 bridgehead atoms. The number of carboxylic acid groups (broad SMARTS) is 1. The lowest BCUT2D eigenvalue weighted by atomic mass is 10.1. The first-order valence-corrected chi connectivity index (χ1v) is 4.66. The Bertz CT molecular complexity index is 584. The van der Waals surface area contributed by atoms with Gasteiger partial charge < -0.3 is 15.3 Å². The highest BCUT2D eigenvalue weighted by molar-refractivity contribution is 5.75. The fourth-order valence-electron chi connectivity index (χ4n) is 1.47. The maximum atomic E-state index is 10.9. The maximum absolute atomic E-state index is 10.9. The summed E-state index contributed by atoms with van der Waals surface area (Å²) in [6, 6.07) is 4.00. The minimum absolute atomic E-state index is 0.207. The van der Waals surface area contributed by atoms with Gasteiger partial charge in [0.25, 0.3) is 0 Å². The summed E-state index contributed by atoms with van der Waals surface area (Å²) in [6.45, 7) is 0. The Morgan fingerprint density at radius 2 is 2.31 bits per heavy atom. The second kappa shape index (κ2) is 3.82. The first-order chi connectivity index (χ1) is 7.56. The number of hydrogen-bond donors (Lipinski definition) is 3. The highest BCUT2D eigenvalue weighted by atomic mass is 16.4. The lowest BCUT2D eigenvalue weighted by Crippen LogP contribution is -2.32. The van der Waals surface area contributed by atoms with Gasteiger partial charge in [0.2, 0.25) is 0 Å². The van der Waals surface area contributed by atoms with E-state index >= 15 is 0 Å². The summed E-state index contributed by atoms with van der Waals surface area (Å²) in [7, 11) is 0. The Morgan fingerprint density at radius 3 is 3.00 bits per heavy atom. The van der Waals surface area contributed by atoms with Gasteiger partial charge in [-0.3, -0.25) is 9.78 Å². The van der Waals surface area contributed by atoms with Gasteiger partial charge in [-0.15, -0.1) is 0 Å². The monoisotopic (exact) mass is 222 g/mol. The van der Waals surface area contributed by atoms with Gasteiger partial charge in [0.05, 0.1) is 5.52 Å². The predicted octanol–water partition coefficient (Wildman–Crippen LogP) is 0.0755. The normalized spacial score (nSPS) is 12.8. The summed E-state index contributed by atoms with van der Waals surface area (Å²) in [6.07, 6.45) is 0.207. The van der Waals surface area contributed by atoms with E-state index in [1.807, 2.05) is 0 Å². The SMILES string of the molecule is NC(Cc1ccc2oc(=O)[nH]c2c1)C(=O)O. The molecule has 2 rings (SSSR count). The highest BCUT2D eigenvalue weighted by Gasteiger charge is 2.12. The Kier molecular flexibility index (Phi) is 2.49. The summed E-state index contributed by atoms with van der Waals surface area (Å²) in [4.78, 5) is 24.0. The Morgan fingerprint density at radius 1 is 1.56 bits per heavy atom. The number of aromatic amines is 1. The summed E-state index contributed by atoms with van der Waals surface area (Å²) in [5.41, 5.74) is 7.12. The summed E-state index contributed by atoms with van der Waals surface area (Å²) in [5, 5.41) is 8.66. The molecule has 4 N–H and O–H groups in total. The Balaban J connectivity index is 2.32. The first-order valence-electron chi connectivity index (χ1n) is 4.66. The molecule has 0 aliphatic heterocycles. The summed E-state index contributed by atoms with van der Waals surface area (Å²) in [5.74, 6) is -1.59.